The summed E-state index contributed by atoms with van der Waals surface area (Å²) < 4.78 is 12.8. The molecule has 0 atom stereocenters. The molecule has 0 nitrogen and oxygen atoms in total. The van der Waals surface area contributed by atoms with Crippen LogP contribution in [-0.4, -0.2) is 10.2 Å². The average Bonchev–Trinajstić information content (AvgIpc) is 1.98. The highest BCUT2D eigenvalue weighted by atomic mass is 35.5. The van der Waals surface area contributed by atoms with E-state index in [1.54, 1.807) is 6.07 Å². The molecule has 0 N–H and O–H groups in total. The summed E-state index contributed by atoms with van der Waals surface area (Å²) in [5.74, 6) is -0.343. The van der Waals surface area contributed by atoms with Gasteiger partial charge in [0.15, 0.2) is 0 Å². The van der Waals surface area contributed by atoms with Gasteiger partial charge in [0, 0.05) is 10.2 Å². The molecule has 0 saturated carbocycles. The summed E-state index contributed by atoms with van der Waals surface area (Å²) in [4.78, 5) is 0. The van der Waals surface area contributed by atoms with E-state index in [4.69, 9.17) is 11.6 Å². The van der Waals surface area contributed by atoms with Gasteiger partial charge >= 0.3 is 0 Å². The first kappa shape index (κ1) is 8.75. The third kappa shape index (κ3) is 2.31. The van der Waals surface area contributed by atoms with E-state index in [9.17, 15) is 4.39 Å². The number of rotatable bonds is 2. The van der Waals surface area contributed by atoms with Crippen LogP contribution in [0.1, 0.15) is 5.56 Å². The van der Waals surface area contributed by atoms with E-state index in [1.807, 2.05) is 6.07 Å². The van der Waals surface area contributed by atoms with Crippen LogP contribution in [0.15, 0.2) is 18.2 Å². The van der Waals surface area contributed by atoms with Crippen molar-refractivity contribution in [2.75, 3.05) is 0 Å². The summed E-state index contributed by atoms with van der Waals surface area (Å²) >= 11 is 5.49. The number of halogens is 2. The Bertz CT molecular complexity index is 250. The van der Waals surface area contributed by atoms with Crippen molar-refractivity contribution in [2.45, 2.75) is 12.5 Å². The van der Waals surface area contributed by atoms with Crippen molar-refractivity contribution in [3.8, 4) is 0 Å². The van der Waals surface area contributed by atoms with Crippen LogP contribution in [0.4, 0.5) is 4.39 Å². The van der Waals surface area contributed by atoms with Crippen LogP contribution in [0.25, 0.3) is 0 Å². The Hall–Kier alpha value is -0.343. The molecular weight excluding hydrogens is 179 g/mol. The molecule has 0 unspecified atom stereocenters. The molecule has 1 aromatic rings. The highest BCUT2D eigenvalue weighted by Crippen LogP contribution is 2.16. The molecule has 0 aromatic heterocycles. The van der Waals surface area contributed by atoms with E-state index >= 15 is 0 Å². The molecule has 1 rings (SSSR count). The van der Waals surface area contributed by atoms with Crippen LogP contribution in [0.2, 0.25) is 11.1 Å². The third-order valence-corrected chi connectivity index (χ3v) is 1.95. The predicted molar refractivity (Wildman–Crippen MR) is 45.7 cm³/mol. The van der Waals surface area contributed by atoms with Crippen LogP contribution in [0.3, 0.4) is 0 Å². The predicted octanol–water partition coefficient (Wildman–Crippen LogP) is 2.61. The Morgan fingerprint density at radius 1 is 1.45 bits per heavy atom. The van der Waals surface area contributed by atoms with Gasteiger partial charge in [-0.3, -0.25) is 0 Å². The van der Waals surface area contributed by atoms with E-state index in [0.717, 1.165) is 18.0 Å². The summed E-state index contributed by atoms with van der Waals surface area (Å²) in [6.45, 7) is 0. The zero-order valence-corrected chi connectivity index (χ0v) is 7.66. The van der Waals surface area contributed by atoms with Gasteiger partial charge in [-0.25, -0.2) is 4.39 Å². The Morgan fingerprint density at radius 2 is 2.18 bits per heavy atom. The monoisotopic (exact) mass is 185 g/mol. The van der Waals surface area contributed by atoms with Crippen LogP contribution in [0, 0.1) is 5.82 Å². The molecule has 0 fully saturated rings. The molecule has 0 saturated heterocycles. The minimum atomic E-state index is -0.343. The summed E-state index contributed by atoms with van der Waals surface area (Å²) in [5, 5.41) is 0.183. The first-order chi connectivity index (χ1) is 5.24. The maximum Gasteiger partial charge on any atom is 0.142 e. The lowest BCUT2D eigenvalue weighted by molar-refractivity contribution is 0.626. The van der Waals surface area contributed by atoms with Crippen LogP contribution < -0.4 is 0 Å². The summed E-state index contributed by atoms with van der Waals surface area (Å²) in [5.41, 5.74) is 0.960. The Morgan fingerprint density at radius 3 is 2.73 bits per heavy atom. The molecular formula is C8H7ClFSi. The number of benzene rings is 1. The smallest absolute Gasteiger partial charge is 0.142 e. The molecule has 0 aliphatic carbocycles. The first-order valence-electron chi connectivity index (χ1n) is 3.32. The molecule has 11 heavy (non-hydrogen) atoms. The van der Waals surface area contributed by atoms with E-state index in [0.29, 0.717) is 0 Å². The Balaban J connectivity index is 2.86. The first-order valence-corrected chi connectivity index (χ1v) is 4.41. The van der Waals surface area contributed by atoms with E-state index in [-0.39, 0.29) is 10.8 Å². The largest absolute Gasteiger partial charge is 0.205 e. The lowest BCUT2D eigenvalue weighted by Gasteiger charge is -1.98. The minimum Gasteiger partial charge on any atom is -0.205 e. The fourth-order valence-corrected chi connectivity index (χ4v) is 1.25. The average molecular weight is 186 g/mol. The second-order valence-corrected chi connectivity index (χ2v) is 3.16. The normalized spacial score (nSPS) is 10.1. The standard InChI is InChI=1S/C8H7ClFSi/c9-7-2-1-6(3-4-11)5-8(7)10/h1-2,5H,3-4H2. The zero-order chi connectivity index (χ0) is 8.27. The highest BCUT2D eigenvalue weighted by Gasteiger charge is 1.98. The van der Waals surface area contributed by atoms with Crippen LogP contribution >= 0.6 is 11.6 Å². The molecule has 0 amide bonds. The maximum atomic E-state index is 12.8. The van der Waals surface area contributed by atoms with E-state index < -0.39 is 0 Å². The van der Waals surface area contributed by atoms with Crippen LogP contribution in [0.5, 0.6) is 0 Å². The summed E-state index contributed by atoms with van der Waals surface area (Å²) in [6.07, 6.45) is 0.824. The van der Waals surface area contributed by atoms with Crippen molar-refractivity contribution >= 4 is 21.8 Å². The van der Waals surface area contributed by atoms with Crippen molar-refractivity contribution < 1.29 is 4.39 Å². The van der Waals surface area contributed by atoms with Crippen LogP contribution in [-0.2, 0) is 6.42 Å². The van der Waals surface area contributed by atoms with E-state index in [2.05, 4.69) is 10.2 Å². The molecule has 0 aliphatic heterocycles. The molecule has 3 heteroatoms. The van der Waals surface area contributed by atoms with Crippen molar-refractivity contribution in [1.82, 2.24) is 0 Å². The molecule has 0 heterocycles. The van der Waals surface area contributed by atoms with Crippen molar-refractivity contribution in [3.05, 3.63) is 34.6 Å². The molecule has 1 aromatic carbocycles. The van der Waals surface area contributed by atoms with Crippen molar-refractivity contribution in [3.63, 3.8) is 0 Å². The fraction of sp³-hybridized carbons (Fsp3) is 0.250. The van der Waals surface area contributed by atoms with Gasteiger partial charge in [0.05, 0.1) is 5.02 Å². The molecule has 57 valence electrons. The fourth-order valence-electron chi connectivity index (χ4n) is 0.839. The topological polar surface area (TPSA) is 0 Å². The van der Waals surface area contributed by atoms with Crippen molar-refractivity contribution in [2.24, 2.45) is 0 Å². The minimum absolute atomic E-state index is 0.183. The molecule has 0 aliphatic rings. The molecule has 3 radical (unpaired) electrons. The second kappa shape index (κ2) is 3.88. The zero-order valence-electron chi connectivity index (χ0n) is 5.90. The van der Waals surface area contributed by atoms with Gasteiger partial charge in [0.25, 0.3) is 0 Å². The molecule has 0 spiro atoms. The van der Waals surface area contributed by atoms with E-state index in [1.165, 1.54) is 6.07 Å². The number of hydrogen-bond donors (Lipinski definition) is 0. The Kier molecular flexibility index (Phi) is 3.09. The summed E-state index contributed by atoms with van der Waals surface area (Å²) in [6, 6.07) is 5.70. The molecule has 0 bridgehead atoms. The SMILES string of the molecule is Fc1cc(CC[Si])ccc1Cl. The maximum absolute atomic E-state index is 12.8. The van der Waals surface area contributed by atoms with Gasteiger partial charge in [-0.15, -0.1) is 0 Å². The Labute approximate surface area is 73.8 Å². The van der Waals surface area contributed by atoms with Gasteiger partial charge in [0.2, 0.25) is 0 Å². The van der Waals surface area contributed by atoms with Crippen molar-refractivity contribution in [1.29, 1.82) is 0 Å². The summed E-state index contributed by atoms with van der Waals surface area (Å²) in [7, 11) is 3.32. The third-order valence-electron chi connectivity index (χ3n) is 1.40. The van der Waals surface area contributed by atoms with Gasteiger partial charge in [-0.05, 0) is 24.1 Å². The quantitative estimate of drug-likeness (QED) is 0.622. The van der Waals surface area contributed by atoms with Gasteiger partial charge in [-0.2, -0.15) is 0 Å². The second-order valence-electron chi connectivity index (χ2n) is 2.25. The number of hydrogen-bond acceptors (Lipinski definition) is 0. The van der Waals surface area contributed by atoms with Gasteiger partial charge < -0.3 is 0 Å². The number of aryl methyl sites for hydroxylation is 1. The van der Waals surface area contributed by atoms with Gasteiger partial charge in [-0.1, -0.05) is 23.7 Å². The lowest BCUT2D eigenvalue weighted by atomic mass is 10.2. The van der Waals surface area contributed by atoms with Gasteiger partial charge in [0.1, 0.15) is 5.82 Å². The highest BCUT2D eigenvalue weighted by molar-refractivity contribution is 6.30. The lowest BCUT2D eigenvalue weighted by Crippen LogP contribution is -1.85.